The van der Waals surface area contributed by atoms with E-state index in [-0.39, 0.29) is 18.0 Å². The molecule has 0 spiro atoms. The number of hydrogen-bond donors (Lipinski definition) is 4. The van der Waals surface area contributed by atoms with Gasteiger partial charge in [-0.25, -0.2) is 14.0 Å². The minimum absolute atomic E-state index is 0.152. The molecule has 13 heteroatoms. The van der Waals surface area contributed by atoms with Crippen LogP contribution in [0.25, 0.3) is 0 Å². The number of nitrogens with zero attached hydrogens (tertiary/aromatic N) is 1. The van der Waals surface area contributed by atoms with Gasteiger partial charge in [0.2, 0.25) is 0 Å². The molecule has 232 valence electrons. The molecular formula is C31H32FIN4O7. The van der Waals surface area contributed by atoms with E-state index in [4.69, 9.17) is 18.9 Å². The fraction of sp³-hybridized carbons (Fsp3) is 0.258. The van der Waals surface area contributed by atoms with Crippen molar-refractivity contribution in [1.29, 1.82) is 0 Å². The number of carbonyl (C=O) groups excluding carboxylic acids is 2. The molecule has 4 N–H and O–H groups in total. The average Bonchev–Trinajstić information content (AvgIpc) is 3.00. The van der Waals surface area contributed by atoms with Gasteiger partial charge in [0, 0.05) is 5.70 Å². The highest BCUT2D eigenvalue weighted by Crippen LogP contribution is 2.35. The summed E-state index contributed by atoms with van der Waals surface area (Å²) in [6.07, 6.45) is 0.412. The number of nitrogens with one attached hydrogen (secondary N) is 3. The van der Waals surface area contributed by atoms with Crippen LogP contribution in [0.2, 0.25) is 0 Å². The van der Waals surface area contributed by atoms with E-state index in [1.165, 1.54) is 19.2 Å². The van der Waals surface area contributed by atoms with E-state index < -0.39 is 24.3 Å². The minimum atomic E-state index is -1.14. The van der Waals surface area contributed by atoms with Crippen molar-refractivity contribution in [3.05, 3.63) is 98.0 Å². The molecule has 2 amide bonds. The molecule has 3 aromatic carbocycles. The zero-order valence-electron chi connectivity index (χ0n) is 24.2. The minimum Gasteiger partial charge on any atom is -0.490 e. The van der Waals surface area contributed by atoms with Crippen LogP contribution in [0.4, 0.5) is 9.18 Å². The van der Waals surface area contributed by atoms with Gasteiger partial charge >= 0.3 is 12.0 Å². The van der Waals surface area contributed by atoms with Crippen molar-refractivity contribution < 1.29 is 38.0 Å². The monoisotopic (exact) mass is 718 g/mol. The number of halogens is 2. The summed E-state index contributed by atoms with van der Waals surface area (Å²) in [5.41, 5.74) is 5.49. The second-order valence-electron chi connectivity index (χ2n) is 9.52. The number of hydrazone groups is 1. The van der Waals surface area contributed by atoms with Gasteiger partial charge in [-0.3, -0.25) is 5.43 Å². The van der Waals surface area contributed by atoms with Gasteiger partial charge in [-0.1, -0.05) is 18.2 Å². The van der Waals surface area contributed by atoms with E-state index in [9.17, 15) is 19.1 Å². The van der Waals surface area contributed by atoms with Gasteiger partial charge in [0.05, 0.1) is 35.1 Å². The zero-order chi connectivity index (χ0) is 31.6. The fourth-order valence-corrected chi connectivity index (χ4v) is 4.97. The second kappa shape index (κ2) is 15.4. The van der Waals surface area contributed by atoms with Gasteiger partial charge in [-0.2, -0.15) is 5.10 Å². The first-order chi connectivity index (χ1) is 21.2. The number of esters is 1. The lowest BCUT2D eigenvalue weighted by Gasteiger charge is -2.28. The van der Waals surface area contributed by atoms with E-state index in [2.05, 4.69) is 43.8 Å². The normalized spacial score (nSPS) is 15.3. The smallest absolute Gasteiger partial charge is 0.337 e. The molecule has 0 aliphatic carbocycles. The van der Waals surface area contributed by atoms with Gasteiger partial charge < -0.3 is 34.7 Å². The first-order valence-electron chi connectivity index (χ1n) is 13.6. The Balaban J connectivity index is 1.34. The van der Waals surface area contributed by atoms with Crippen molar-refractivity contribution in [2.45, 2.75) is 32.7 Å². The predicted octanol–water partition coefficient (Wildman–Crippen LogP) is 4.53. The molecule has 4 rings (SSSR count). The Morgan fingerprint density at radius 2 is 1.84 bits per heavy atom. The quantitative estimate of drug-likeness (QED) is 0.0665. The second-order valence-corrected chi connectivity index (χ2v) is 10.7. The number of amides is 2. The molecule has 0 unspecified atom stereocenters. The summed E-state index contributed by atoms with van der Waals surface area (Å²) in [5, 5.41) is 19.8. The molecule has 0 fully saturated rings. The number of benzene rings is 3. The van der Waals surface area contributed by atoms with E-state index in [1.807, 2.05) is 25.1 Å². The molecule has 0 bridgehead atoms. The third-order valence-corrected chi connectivity index (χ3v) is 7.22. The zero-order valence-corrected chi connectivity index (χ0v) is 26.4. The number of urea groups is 1. The van der Waals surface area contributed by atoms with E-state index in [1.54, 1.807) is 43.5 Å². The first-order valence-corrected chi connectivity index (χ1v) is 14.7. The van der Waals surface area contributed by atoms with Crippen molar-refractivity contribution in [2.75, 3.05) is 20.3 Å². The Kier molecular flexibility index (Phi) is 11.4. The average molecular weight is 719 g/mol. The Morgan fingerprint density at radius 1 is 1.09 bits per heavy atom. The lowest BCUT2D eigenvalue weighted by atomic mass is 9.95. The fourth-order valence-electron chi connectivity index (χ4n) is 4.28. The molecule has 0 saturated heterocycles. The molecule has 1 aliphatic heterocycles. The molecular weight excluding hydrogens is 686 g/mol. The summed E-state index contributed by atoms with van der Waals surface area (Å²) in [4.78, 5) is 24.6. The van der Waals surface area contributed by atoms with Crippen LogP contribution in [0, 0.1) is 9.39 Å². The molecule has 0 aromatic heterocycles. The van der Waals surface area contributed by atoms with Crippen LogP contribution in [-0.4, -0.2) is 49.9 Å². The van der Waals surface area contributed by atoms with E-state index in [0.29, 0.717) is 41.7 Å². The number of aliphatic hydroxyl groups excluding tert-OH is 1. The molecule has 2 atom stereocenters. The largest absolute Gasteiger partial charge is 0.490 e. The predicted molar refractivity (Wildman–Crippen MR) is 169 cm³/mol. The SMILES string of the molecule is CCOc1cc([C@H]2NC(=O)NC(C)=C2C(=O)OC)ccc1OC[C@@H](O)N/N=C\c1ccc(OCc2ccc(F)cc2)c(I)c1. The van der Waals surface area contributed by atoms with Crippen molar-refractivity contribution >= 4 is 40.8 Å². The molecule has 3 aromatic rings. The van der Waals surface area contributed by atoms with Crippen LogP contribution in [0.3, 0.4) is 0 Å². The molecule has 11 nitrogen and oxygen atoms in total. The summed E-state index contributed by atoms with van der Waals surface area (Å²) >= 11 is 2.16. The van der Waals surface area contributed by atoms with Crippen molar-refractivity contribution in [2.24, 2.45) is 5.10 Å². The summed E-state index contributed by atoms with van der Waals surface area (Å²) in [6, 6.07) is 15.4. The van der Waals surface area contributed by atoms with E-state index >= 15 is 0 Å². The van der Waals surface area contributed by atoms with Crippen LogP contribution in [0.1, 0.15) is 36.6 Å². The number of rotatable bonds is 13. The molecule has 44 heavy (non-hydrogen) atoms. The Bertz CT molecular complexity index is 1550. The number of methoxy groups -OCH3 is 1. The highest BCUT2D eigenvalue weighted by atomic mass is 127. The molecule has 0 saturated carbocycles. The molecule has 1 heterocycles. The maximum absolute atomic E-state index is 13.1. The lowest BCUT2D eigenvalue weighted by molar-refractivity contribution is -0.136. The maximum Gasteiger partial charge on any atom is 0.337 e. The van der Waals surface area contributed by atoms with Crippen molar-refractivity contribution in [1.82, 2.24) is 16.1 Å². The summed E-state index contributed by atoms with van der Waals surface area (Å²) in [5.74, 6) is 0.531. The van der Waals surface area contributed by atoms with E-state index in [0.717, 1.165) is 14.7 Å². The van der Waals surface area contributed by atoms with Gasteiger partial charge in [0.25, 0.3) is 0 Å². The summed E-state index contributed by atoms with van der Waals surface area (Å²) < 4.78 is 36.2. The third kappa shape index (κ3) is 8.60. The van der Waals surface area contributed by atoms with Crippen LogP contribution >= 0.6 is 22.6 Å². The summed E-state index contributed by atoms with van der Waals surface area (Å²) in [7, 11) is 1.27. The van der Waals surface area contributed by atoms with Crippen molar-refractivity contribution in [3.63, 3.8) is 0 Å². The highest BCUT2D eigenvalue weighted by Gasteiger charge is 2.32. The molecule has 0 radical (unpaired) electrons. The number of hydrogen-bond acceptors (Lipinski definition) is 9. The van der Waals surface area contributed by atoms with Gasteiger partial charge in [-0.05, 0) is 95.6 Å². The van der Waals surface area contributed by atoms with Crippen LogP contribution in [-0.2, 0) is 16.1 Å². The topological polar surface area (TPSA) is 140 Å². The number of ether oxygens (including phenoxy) is 4. The van der Waals surface area contributed by atoms with Gasteiger partial charge in [0.15, 0.2) is 17.7 Å². The van der Waals surface area contributed by atoms with Gasteiger partial charge in [-0.15, -0.1) is 0 Å². The lowest BCUT2D eigenvalue weighted by Crippen LogP contribution is -2.45. The summed E-state index contributed by atoms with van der Waals surface area (Å²) in [6.45, 7) is 3.92. The van der Waals surface area contributed by atoms with Gasteiger partial charge in [0.1, 0.15) is 24.8 Å². The Labute approximate surface area is 267 Å². The number of carbonyl (C=O) groups is 2. The first kappa shape index (κ1) is 32.5. The highest BCUT2D eigenvalue weighted by molar-refractivity contribution is 14.1. The molecule has 1 aliphatic rings. The Hall–Kier alpha value is -4.37. The van der Waals surface area contributed by atoms with Crippen molar-refractivity contribution in [3.8, 4) is 17.2 Å². The third-order valence-electron chi connectivity index (χ3n) is 6.37. The van der Waals surface area contributed by atoms with Crippen LogP contribution in [0.15, 0.2) is 77.0 Å². The standard InChI is InChI=1S/C31H32FIN4O7/c1-4-42-26-14-21(29-28(30(39)41-3)18(2)35-31(40)36-29)8-12-25(26)44-17-27(38)37-34-15-20-7-11-24(23(33)13-20)43-16-19-5-9-22(32)10-6-19/h5-15,27,29,37-38H,4,16-17H2,1-3H3,(H2,35,36,40)/b34-15-/t27-,29-/m1/s1. The maximum atomic E-state index is 13.1. The van der Waals surface area contributed by atoms with Crippen LogP contribution < -0.4 is 30.3 Å². The number of aliphatic hydroxyl groups is 1. The Morgan fingerprint density at radius 3 is 2.55 bits per heavy atom. The number of allylic oxidation sites excluding steroid dienone is 1. The van der Waals surface area contributed by atoms with Crippen LogP contribution in [0.5, 0.6) is 17.2 Å².